The minimum atomic E-state index is -4.98. The fraction of sp³-hybridized carbons (Fsp3) is 0.217. The third kappa shape index (κ3) is 5.21. The average Bonchev–Trinajstić information content (AvgIpc) is 3.06. The van der Waals surface area contributed by atoms with Crippen molar-refractivity contribution in [2.24, 2.45) is 0 Å². The predicted molar refractivity (Wildman–Crippen MR) is 118 cm³/mol. The highest BCUT2D eigenvalue weighted by molar-refractivity contribution is 9.10. The van der Waals surface area contributed by atoms with Gasteiger partial charge in [0, 0.05) is 18.5 Å². The van der Waals surface area contributed by atoms with Gasteiger partial charge < -0.3 is 9.64 Å². The van der Waals surface area contributed by atoms with Gasteiger partial charge in [-0.15, -0.1) is 6.58 Å². The third-order valence-corrected chi connectivity index (χ3v) is 5.65. The van der Waals surface area contributed by atoms with Gasteiger partial charge in [0.2, 0.25) is 0 Å². The minimum Gasteiger partial charge on any atom is -0.444 e. The number of carbonyl (C=O) groups excluding carboxylic acids is 2. The van der Waals surface area contributed by atoms with Gasteiger partial charge in [-0.25, -0.2) is 9.36 Å². The molecule has 0 aliphatic carbocycles. The monoisotopic (exact) mass is 508 g/mol. The number of para-hydroxylation sites is 1. The van der Waals surface area contributed by atoms with E-state index >= 15 is 0 Å². The molecule has 0 spiro atoms. The van der Waals surface area contributed by atoms with Gasteiger partial charge in [-0.1, -0.05) is 54.6 Å². The van der Waals surface area contributed by atoms with E-state index in [0.717, 1.165) is 5.56 Å². The zero-order chi connectivity index (χ0) is 23.3. The van der Waals surface area contributed by atoms with E-state index in [-0.39, 0.29) is 26.1 Å². The number of hydrogen-bond donors (Lipinski definition) is 0. The Hall–Kier alpha value is -3.07. The van der Waals surface area contributed by atoms with Crippen molar-refractivity contribution in [1.82, 2.24) is 9.47 Å². The van der Waals surface area contributed by atoms with E-state index in [1.54, 1.807) is 24.3 Å². The van der Waals surface area contributed by atoms with Crippen LogP contribution in [0, 0.1) is 0 Å². The van der Waals surface area contributed by atoms with Gasteiger partial charge in [0.1, 0.15) is 6.61 Å². The topological polar surface area (TPSA) is 51.5 Å². The van der Waals surface area contributed by atoms with Crippen LogP contribution in [-0.4, -0.2) is 40.7 Å². The summed E-state index contributed by atoms with van der Waals surface area (Å²) in [5.41, 5.74) is 1.96. The summed E-state index contributed by atoms with van der Waals surface area (Å²) < 4.78 is 45.9. The van der Waals surface area contributed by atoms with Crippen LogP contribution in [-0.2, 0) is 22.6 Å². The van der Waals surface area contributed by atoms with Crippen LogP contribution >= 0.6 is 15.9 Å². The van der Waals surface area contributed by atoms with Gasteiger partial charge in [0.25, 0.3) is 0 Å². The maximum atomic E-state index is 12.9. The highest BCUT2D eigenvalue weighted by Crippen LogP contribution is 2.31. The number of alkyl halides is 3. The fourth-order valence-corrected chi connectivity index (χ4v) is 4.08. The maximum absolute atomic E-state index is 12.9. The Labute approximate surface area is 191 Å². The molecule has 0 unspecified atom stereocenters. The molecule has 0 saturated heterocycles. The molecule has 168 valence electrons. The second-order valence-corrected chi connectivity index (χ2v) is 7.70. The van der Waals surface area contributed by atoms with Crippen molar-refractivity contribution in [3.63, 3.8) is 0 Å². The van der Waals surface area contributed by atoms with Crippen LogP contribution in [0.2, 0.25) is 0 Å². The van der Waals surface area contributed by atoms with Gasteiger partial charge in [0.15, 0.2) is 0 Å². The summed E-state index contributed by atoms with van der Waals surface area (Å²) in [6.45, 7) is 3.05. The molecule has 1 heterocycles. The first-order valence-corrected chi connectivity index (χ1v) is 10.5. The van der Waals surface area contributed by atoms with Crippen LogP contribution in [0.25, 0.3) is 10.9 Å². The molecule has 0 atom stereocenters. The van der Waals surface area contributed by atoms with Crippen molar-refractivity contribution >= 4 is 38.8 Å². The zero-order valence-corrected chi connectivity index (χ0v) is 18.5. The second-order valence-electron chi connectivity index (χ2n) is 6.95. The molecular weight excluding hydrogens is 489 g/mol. The molecule has 2 aromatic carbocycles. The summed E-state index contributed by atoms with van der Waals surface area (Å²) in [7, 11) is 0. The summed E-state index contributed by atoms with van der Waals surface area (Å²) in [6, 6.07) is 16.2. The predicted octanol–water partition coefficient (Wildman–Crippen LogP) is 5.71. The standard InChI is InChI=1S/C23H20BrF3N2O3/c1-2-13-28(21(30)23(25,26)27)14-12-18-17-10-6-7-11-19(17)29(20(18)24)22(31)32-15-16-8-4-3-5-9-16/h2-11H,1,12-15H2. The number of benzene rings is 2. The Morgan fingerprint density at radius 3 is 2.41 bits per heavy atom. The molecule has 9 heteroatoms. The Bertz CT molecular complexity index is 1130. The molecule has 1 amide bonds. The van der Waals surface area contributed by atoms with E-state index in [4.69, 9.17) is 4.74 Å². The van der Waals surface area contributed by atoms with Crippen molar-refractivity contribution < 1.29 is 27.5 Å². The number of nitrogens with zero attached hydrogens (tertiary/aromatic N) is 2. The van der Waals surface area contributed by atoms with Crippen molar-refractivity contribution in [2.75, 3.05) is 13.1 Å². The Morgan fingerprint density at radius 1 is 1.09 bits per heavy atom. The van der Waals surface area contributed by atoms with Gasteiger partial charge in [-0.05, 0) is 39.5 Å². The van der Waals surface area contributed by atoms with Crippen LogP contribution in [0.15, 0.2) is 71.9 Å². The Balaban J connectivity index is 1.86. The lowest BCUT2D eigenvalue weighted by atomic mass is 10.1. The molecule has 0 saturated carbocycles. The largest absolute Gasteiger partial charge is 0.471 e. The van der Waals surface area contributed by atoms with Gasteiger partial charge >= 0.3 is 18.2 Å². The van der Waals surface area contributed by atoms with Gasteiger partial charge in [0.05, 0.1) is 10.1 Å². The molecule has 3 aromatic rings. The SMILES string of the molecule is C=CCN(CCc1c(Br)n(C(=O)OCc2ccccc2)c2ccccc12)C(=O)C(F)(F)F. The minimum absolute atomic E-state index is 0.0706. The lowest BCUT2D eigenvalue weighted by molar-refractivity contribution is -0.184. The van der Waals surface area contributed by atoms with Crippen LogP contribution in [0.3, 0.4) is 0 Å². The number of ether oxygens (including phenoxy) is 1. The Kier molecular flexibility index (Phi) is 7.40. The molecule has 0 aliphatic rings. The number of carbonyl (C=O) groups is 2. The second kappa shape index (κ2) is 10.0. The molecule has 0 bridgehead atoms. The summed E-state index contributed by atoms with van der Waals surface area (Å²) in [5, 5.41) is 0.675. The first-order valence-electron chi connectivity index (χ1n) is 9.70. The molecule has 32 heavy (non-hydrogen) atoms. The van der Waals surface area contributed by atoms with E-state index in [1.807, 2.05) is 30.3 Å². The fourth-order valence-electron chi connectivity index (χ4n) is 3.33. The normalized spacial score (nSPS) is 11.4. The van der Waals surface area contributed by atoms with E-state index in [2.05, 4.69) is 22.5 Å². The van der Waals surface area contributed by atoms with Crippen LogP contribution in [0.5, 0.6) is 0 Å². The number of amides is 1. The van der Waals surface area contributed by atoms with Crippen molar-refractivity contribution in [3.8, 4) is 0 Å². The summed E-state index contributed by atoms with van der Waals surface area (Å²) >= 11 is 3.40. The number of rotatable bonds is 7. The van der Waals surface area contributed by atoms with Crippen LogP contribution < -0.4 is 0 Å². The molecular formula is C23H20BrF3N2O3. The summed E-state index contributed by atoms with van der Waals surface area (Å²) in [6.07, 6.45) is -4.27. The molecule has 0 radical (unpaired) electrons. The molecule has 0 aliphatic heterocycles. The zero-order valence-electron chi connectivity index (χ0n) is 16.9. The Morgan fingerprint density at radius 2 is 1.75 bits per heavy atom. The first-order chi connectivity index (χ1) is 15.2. The van der Waals surface area contributed by atoms with Gasteiger partial charge in [-0.2, -0.15) is 13.2 Å². The molecule has 3 rings (SSSR count). The molecule has 1 aromatic heterocycles. The van der Waals surface area contributed by atoms with E-state index in [9.17, 15) is 22.8 Å². The highest BCUT2D eigenvalue weighted by atomic mass is 79.9. The van der Waals surface area contributed by atoms with Crippen molar-refractivity contribution in [3.05, 3.63) is 83.0 Å². The summed E-state index contributed by atoms with van der Waals surface area (Å²) in [5.74, 6) is -1.93. The molecule has 5 nitrogen and oxygen atoms in total. The maximum Gasteiger partial charge on any atom is 0.471 e. The highest BCUT2D eigenvalue weighted by Gasteiger charge is 2.42. The molecule has 0 fully saturated rings. The number of aromatic nitrogens is 1. The summed E-state index contributed by atoms with van der Waals surface area (Å²) in [4.78, 5) is 25.2. The number of hydrogen-bond acceptors (Lipinski definition) is 3. The van der Waals surface area contributed by atoms with Crippen LogP contribution in [0.4, 0.5) is 18.0 Å². The van der Waals surface area contributed by atoms with Crippen molar-refractivity contribution in [1.29, 1.82) is 0 Å². The number of halogens is 4. The lowest BCUT2D eigenvalue weighted by Gasteiger charge is -2.22. The smallest absolute Gasteiger partial charge is 0.444 e. The van der Waals surface area contributed by atoms with E-state index in [1.165, 1.54) is 10.6 Å². The molecule has 0 N–H and O–H groups in total. The lowest BCUT2D eigenvalue weighted by Crippen LogP contribution is -2.42. The van der Waals surface area contributed by atoms with Crippen molar-refractivity contribution in [2.45, 2.75) is 19.2 Å². The number of fused-ring (bicyclic) bond motifs is 1. The van der Waals surface area contributed by atoms with Gasteiger partial charge in [-0.3, -0.25) is 4.79 Å². The third-order valence-electron chi connectivity index (χ3n) is 4.81. The van der Waals surface area contributed by atoms with E-state index in [0.29, 0.717) is 26.0 Å². The van der Waals surface area contributed by atoms with Crippen LogP contribution in [0.1, 0.15) is 11.1 Å². The quantitative estimate of drug-likeness (QED) is 0.384. The first kappa shape index (κ1) is 23.6. The van der Waals surface area contributed by atoms with E-state index < -0.39 is 18.2 Å². The average molecular weight is 509 g/mol.